The standard InChI is InChI=1S/C32H34N2O2/c1-32(2,3)25-17-19-26(20-18-25)36-23-31-33-28-14-6-7-15-29(28)34(31)21-8-9-22-35-30-16-10-12-24-11-4-5-13-27(24)30/h4-7,10-20H,8-9,21-23H2,1-3H3. The Morgan fingerprint density at radius 1 is 0.750 bits per heavy atom. The maximum atomic E-state index is 6.15. The molecule has 0 bridgehead atoms. The van der Waals surface area contributed by atoms with Crippen LogP contribution in [0.2, 0.25) is 0 Å². The molecule has 4 aromatic carbocycles. The van der Waals surface area contributed by atoms with E-state index in [0.29, 0.717) is 13.2 Å². The number of aryl methyl sites for hydroxylation is 1. The van der Waals surface area contributed by atoms with Crippen molar-refractivity contribution in [3.63, 3.8) is 0 Å². The Morgan fingerprint density at radius 2 is 1.50 bits per heavy atom. The number of unbranched alkanes of at least 4 members (excludes halogenated alkanes) is 1. The van der Waals surface area contributed by atoms with Gasteiger partial charge in [0.1, 0.15) is 23.9 Å². The molecule has 5 aromatic rings. The molecule has 0 aliphatic carbocycles. The van der Waals surface area contributed by atoms with E-state index in [4.69, 9.17) is 14.5 Å². The minimum atomic E-state index is 0.129. The van der Waals surface area contributed by atoms with E-state index in [1.807, 2.05) is 6.07 Å². The third-order valence-corrected chi connectivity index (χ3v) is 6.61. The van der Waals surface area contributed by atoms with Gasteiger partial charge < -0.3 is 14.0 Å². The molecule has 4 nitrogen and oxygen atoms in total. The van der Waals surface area contributed by atoms with Gasteiger partial charge in [-0.2, -0.15) is 0 Å². The predicted octanol–water partition coefficient (Wildman–Crippen LogP) is 7.93. The van der Waals surface area contributed by atoms with Gasteiger partial charge in [0.15, 0.2) is 0 Å². The number of hydrogen-bond acceptors (Lipinski definition) is 3. The largest absolute Gasteiger partial charge is 0.493 e. The minimum Gasteiger partial charge on any atom is -0.493 e. The summed E-state index contributed by atoms with van der Waals surface area (Å²) in [6, 6.07) is 31.3. The van der Waals surface area contributed by atoms with E-state index in [1.165, 1.54) is 10.9 Å². The lowest BCUT2D eigenvalue weighted by molar-refractivity contribution is 0.285. The van der Waals surface area contributed by atoms with Gasteiger partial charge in [0.25, 0.3) is 0 Å². The topological polar surface area (TPSA) is 36.3 Å². The summed E-state index contributed by atoms with van der Waals surface area (Å²) >= 11 is 0. The van der Waals surface area contributed by atoms with Gasteiger partial charge >= 0.3 is 0 Å². The maximum absolute atomic E-state index is 6.15. The summed E-state index contributed by atoms with van der Waals surface area (Å²) in [5, 5.41) is 2.37. The summed E-state index contributed by atoms with van der Waals surface area (Å²) in [5.74, 6) is 2.77. The first kappa shape index (κ1) is 23.9. The summed E-state index contributed by atoms with van der Waals surface area (Å²) in [5.41, 5.74) is 3.58. The first-order valence-corrected chi connectivity index (χ1v) is 12.8. The lowest BCUT2D eigenvalue weighted by atomic mass is 9.87. The van der Waals surface area contributed by atoms with Gasteiger partial charge in [-0.25, -0.2) is 4.98 Å². The van der Waals surface area contributed by atoms with Crippen molar-refractivity contribution < 1.29 is 9.47 Å². The van der Waals surface area contributed by atoms with Gasteiger partial charge in [-0.3, -0.25) is 0 Å². The van der Waals surface area contributed by atoms with E-state index >= 15 is 0 Å². The van der Waals surface area contributed by atoms with Crippen LogP contribution in [-0.2, 0) is 18.6 Å². The lowest BCUT2D eigenvalue weighted by Crippen LogP contribution is -2.11. The molecule has 0 saturated carbocycles. The van der Waals surface area contributed by atoms with Crippen molar-refractivity contribution in [2.45, 2.75) is 52.2 Å². The molecule has 0 spiro atoms. The third kappa shape index (κ3) is 5.38. The van der Waals surface area contributed by atoms with Crippen LogP contribution in [0.5, 0.6) is 11.5 Å². The van der Waals surface area contributed by atoms with E-state index in [9.17, 15) is 0 Å². The van der Waals surface area contributed by atoms with Gasteiger partial charge in [-0.05, 0) is 59.5 Å². The van der Waals surface area contributed by atoms with Crippen LogP contribution in [0, 0.1) is 0 Å². The molecule has 4 heteroatoms. The number of imidazole rings is 1. The Kier molecular flexibility index (Phi) is 6.95. The molecule has 0 radical (unpaired) electrons. The highest BCUT2D eigenvalue weighted by Crippen LogP contribution is 2.26. The second kappa shape index (κ2) is 10.4. The summed E-state index contributed by atoms with van der Waals surface area (Å²) in [7, 11) is 0. The average Bonchev–Trinajstić information content (AvgIpc) is 3.24. The molecule has 184 valence electrons. The molecule has 0 unspecified atom stereocenters. The molecule has 0 aliphatic heterocycles. The Hall–Kier alpha value is -3.79. The van der Waals surface area contributed by atoms with Crippen molar-refractivity contribution in [1.29, 1.82) is 0 Å². The quantitative estimate of drug-likeness (QED) is 0.202. The number of para-hydroxylation sites is 2. The summed E-state index contributed by atoms with van der Waals surface area (Å²) in [6.07, 6.45) is 1.96. The Morgan fingerprint density at radius 3 is 2.33 bits per heavy atom. The molecule has 36 heavy (non-hydrogen) atoms. The summed E-state index contributed by atoms with van der Waals surface area (Å²) in [6.45, 7) is 8.67. The molecule has 0 fully saturated rings. The van der Waals surface area contributed by atoms with Crippen LogP contribution in [0.3, 0.4) is 0 Å². The zero-order chi connectivity index (χ0) is 25.0. The monoisotopic (exact) mass is 478 g/mol. The fraction of sp³-hybridized carbons (Fsp3) is 0.281. The van der Waals surface area contributed by atoms with Gasteiger partial charge in [-0.15, -0.1) is 0 Å². The van der Waals surface area contributed by atoms with Crippen molar-refractivity contribution in [3.8, 4) is 11.5 Å². The van der Waals surface area contributed by atoms with E-state index in [2.05, 4.69) is 110 Å². The number of benzene rings is 4. The van der Waals surface area contributed by atoms with Gasteiger partial charge in [0.2, 0.25) is 0 Å². The molecule has 5 rings (SSSR count). The van der Waals surface area contributed by atoms with Crippen LogP contribution in [0.25, 0.3) is 21.8 Å². The number of nitrogens with zero attached hydrogens (tertiary/aromatic N) is 2. The molecule has 0 saturated heterocycles. The molecule has 0 atom stereocenters. The highest BCUT2D eigenvalue weighted by molar-refractivity contribution is 5.88. The van der Waals surface area contributed by atoms with Crippen LogP contribution in [0.15, 0.2) is 91.0 Å². The van der Waals surface area contributed by atoms with Gasteiger partial charge in [0, 0.05) is 11.9 Å². The molecular formula is C32H34N2O2. The first-order valence-electron chi connectivity index (χ1n) is 12.8. The number of ether oxygens (including phenoxy) is 2. The summed E-state index contributed by atoms with van der Waals surface area (Å²) in [4.78, 5) is 4.87. The second-order valence-corrected chi connectivity index (χ2v) is 10.3. The van der Waals surface area contributed by atoms with E-state index in [-0.39, 0.29) is 5.41 Å². The fourth-order valence-electron chi connectivity index (χ4n) is 4.56. The van der Waals surface area contributed by atoms with E-state index < -0.39 is 0 Å². The van der Waals surface area contributed by atoms with Crippen molar-refractivity contribution in [2.75, 3.05) is 6.61 Å². The Labute approximate surface area is 213 Å². The van der Waals surface area contributed by atoms with Crippen molar-refractivity contribution >= 4 is 21.8 Å². The Bertz CT molecular complexity index is 1440. The molecule has 1 aromatic heterocycles. The minimum absolute atomic E-state index is 0.129. The van der Waals surface area contributed by atoms with Crippen LogP contribution < -0.4 is 9.47 Å². The van der Waals surface area contributed by atoms with Crippen molar-refractivity contribution in [3.05, 3.63) is 102 Å². The number of aromatic nitrogens is 2. The SMILES string of the molecule is CC(C)(C)c1ccc(OCc2nc3ccccc3n2CCCCOc2cccc3ccccc23)cc1. The number of rotatable bonds is 9. The molecule has 0 amide bonds. The zero-order valence-electron chi connectivity index (χ0n) is 21.4. The fourth-order valence-corrected chi connectivity index (χ4v) is 4.56. The lowest BCUT2D eigenvalue weighted by Gasteiger charge is -2.19. The second-order valence-electron chi connectivity index (χ2n) is 10.3. The zero-order valence-corrected chi connectivity index (χ0v) is 21.4. The summed E-state index contributed by atoms with van der Waals surface area (Å²) < 4.78 is 14.6. The average molecular weight is 479 g/mol. The van der Waals surface area contributed by atoms with Crippen LogP contribution >= 0.6 is 0 Å². The van der Waals surface area contributed by atoms with Gasteiger partial charge in [-0.1, -0.05) is 81.4 Å². The van der Waals surface area contributed by atoms with Crippen molar-refractivity contribution in [2.24, 2.45) is 0 Å². The normalized spacial score (nSPS) is 11.8. The van der Waals surface area contributed by atoms with Crippen molar-refractivity contribution in [1.82, 2.24) is 9.55 Å². The highest BCUT2D eigenvalue weighted by Gasteiger charge is 2.14. The number of hydrogen-bond donors (Lipinski definition) is 0. The van der Waals surface area contributed by atoms with E-state index in [0.717, 1.165) is 53.1 Å². The molecule has 1 heterocycles. The third-order valence-electron chi connectivity index (χ3n) is 6.61. The van der Waals surface area contributed by atoms with Gasteiger partial charge in [0.05, 0.1) is 17.6 Å². The van der Waals surface area contributed by atoms with Crippen LogP contribution in [-0.4, -0.2) is 16.2 Å². The molecule has 0 N–H and O–H groups in total. The number of fused-ring (bicyclic) bond motifs is 2. The Balaban J connectivity index is 1.22. The molecular weight excluding hydrogens is 444 g/mol. The van der Waals surface area contributed by atoms with Crippen LogP contribution in [0.4, 0.5) is 0 Å². The van der Waals surface area contributed by atoms with Crippen LogP contribution in [0.1, 0.15) is 45.0 Å². The highest BCUT2D eigenvalue weighted by atomic mass is 16.5. The molecule has 0 aliphatic rings. The van der Waals surface area contributed by atoms with E-state index in [1.54, 1.807) is 0 Å². The maximum Gasteiger partial charge on any atom is 0.147 e. The first-order chi connectivity index (χ1) is 17.5. The smallest absolute Gasteiger partial charge is 0.147 e. The predicted molar refractivity (Wildman–Crippen MR) is 148 cm³/mol.